The third-order valence-electron chi connectivity index (χ3n) is 4.10. The summed E-state index contributed by atoms with van der Waals surface area (Å²) in [5.41, 5.74) is 3.28. The fourth-order valence-electron chi connectivity index (χ4n) is 2.72. The minimum atomic E-state index is -0.424. The highest BCUT2D eigenvalue weighted by molar-refractivity contribution is 6.05. The number of nitrogens with zero attached hydrogens (tertiary/aromatic N) is 1. The summed E-state index contributed by atoms with van der Waals surface area (Å²) in [5, 5.41) is 3.20. The molecule has 118 valence electrons. The lowest BCUT2D eigenvalue weighted by atomic mass is 10.1. The van der Waals surface area contributed by atoms with Crippen molar-refractivity contribution in [1.82, 2.24) is 10.2 Å². The van der Waals surface area contributed by atoms with Gasteiger partial charge in [-0.05, 0) is 18.1 Å². The topological polar surface area (TPSA) is 49.4 Å². The molecule has 3 rings (SSSR count). The lowest BCUT2D eigenvalue weighted by Crippen LogP contribution is -2.38. The van der Waals surface area contributed by atoms with Gasteiger partial charge in [0.25, 0.3) is 0 Å². The number of rotatable bonds is 5. The Morgan fingerprint density at radius 1 is 1.00 bits per heavy atom. The molecule has 0 radical (unpaired) electrons. The van der Waals surface area contributed by atoms with E-state index in [0.717, 1.165) is 11.1 Å². The van der Waals surface area contributed by atoms with Crippen LogP contribution in [0.25, 0.3) is 0 Å². The standard InChI is InChI=1S/C19H20N2O2/c1-14-7-9-15(10-8-14)12-20-17-11-18(22)21(19(17)23)13-16-5-3-2-4-6-16/h2-10,17,20H,11-13H2,1H3/t17-/m1/s1. The number of imide groups is 1. The molecule has 0 bridgehead atoms. The number of benzene rings is 2. The molecular formula is C19H20N2O2. The Bertz CT molecular complexity index is 695. The number of hydrogen-bond acceptors (Lipinski definition) is 3. The van der Waals surface area contributed by atoms with E-state index in [1.807, 2.05) is 61.5 Å². The van der Waals surface area contributed by atoms with Gasteiger partial charge in [0.15, 0.2) is 0 Å². The van der Waals surface area contributed by atoms with E-state index >= 15 is 0 Å². The molecule has 0 saturated carbocycles. The molecule has 1 aliphatic rings. The smallest absolute Gasteiger partial charge is 0.247 e. The van der Waals surface area contributed by atoms with Gasteiger partial charge in [-0.2, -0.15) is 0 Å². The van der Waals surface area contributed by atoms with Crippen LogP contribution in [0, 0.1) is 6.92 Å². The quantitative estimate of drug-likeness (QED) is 0.863. The minimum Gasteiger partial charge on any atom is -0.301 e. The summed E-state index contributed by atoms with van der Waals surface area (Å²) >= 11 is 0. The van der Waals surface area contributed by atoms with E-state index in [1.54, 1.807) is 0 Å². The van der Waals surface area contributed by atoms with Gasteiger partial charge >= 0.3 is 0 Å². The van der Waals surface area contributed by atoms with Crippen molar-refractivity contribution in [3.05, 3.63) is 71.3 Å². The Morgan fingerprint density at radius 2 is 1.70 bits per heavy atom. The van der Waals surface area contributed by atoms with Gasteiger partial charge in [0.05, 0.1) is 19.0 Å². The van der Waals surface area contributed by atoms with Crippen LogP contribution in [0.1, 0.15) is 23.1 Å². The van der Waals surface area contributed by atoms with Gasteiger partial charge in [0, 0.05) is 6.54 Å². The second-order valence-corrected chi connectivity index (χ2v) is 5.93. The summed E-state index contributed by atoms with van der Waals surface area (Å²) in [6.45, 7) is 2.97. The van der Waals surface area contributed by atoms with Crippen LogP contribution in [0.2, 0.25) is 0 Å². The van der Waals surface area contributed by atoms with E-state index in [9.17, 15) is 9.59 Å². The molecule has 4 heteroatoms. The fraction of sp³-hybridized carbons (Fsp3) is 0.263. The predicted octanol–water partition coefficient (Wildman–Crippen LogP) is 2.41. The molecule has 2 aromatic carbocycles. The van der Waals surface area contributed by atoms with Gasteiger partial charge in [-0.15, -0.1) is 0 Å². The van der Waals surface area contributed by atoms with Crippen molar-refractivity contribution in [1.29, 1.82) is 0 Å². The lowest BCUT2D eigenvalue weighted by Gasteiger charge is -2.15. The molecule has 0 unspecified atom stereocenters. The summed E-state index contributed by atoms with van der Waals surface area (Å²) in [6, 6.07) is 17.3. The SMILES string of the molecule is Cc1ccc(CN[C@@H]2CC(=O)N(Cc3ccccc3)C2=O)cc1. The first-order valence-electron chi connectivity index (χ1n) is 7.80. The van der Waals surface area contributed by atoms with Crippen LogP contribution in [-0.2, 0) is 22.7 Å². The molecule has 1 heterocycles. The largest absolute Gasteiger partial charge is 0.301 e. The van der Waals surface area contributed by atoms with Gasteiger partial charge < -0.3 is 5.32 Å². The predicted molar refractivity (Wildman–Crippen MR) is 88.4 cm³/mol. The Morgan fingerprint density at radius 3 is 2.39 bits per heavy atom. The van der Waals surface area contributed by atoms with E-state index in [1.165, 1.54) is 10.5 Å². The number of amides is 2. The van der Waals surface area contributed by atoms with Gasteiger partial charge in [-0.3, -0.25) is 14.5 Å². The number of aryl methyl sites for hydroxylation is 1. The molecule has 1 saturated heterocycles. The van der Waals surface area contributed by atoms with Crippen molar-refractivity contribution < 1.29 is 9.59 Å². The summed E-state index contributed by atoms with van der Waals surface area (Å²) in [5.74, 6) is -0.244. The van der Waals surface area contributed by atoms with E-state index in [2.05, 4.69) is 5.32 Å². The zero-order valence-corrected chi connectivity index (χ0v) is 13.2. The molecule has 1 fully saturated rings. The molecular weight excluding hydrogens is 288 g/mol. The van der Waals surface area contributed by atoms with Gasteiger partial charge in [-0.25, -0.2) is 0 Å². The number of hydrogen-bond donors (Lipinski definition) is 1. The summed E-state index contributed by atoms with van der Waals surface area (Å²) < 4.78 is 0. The highest BCUT2D eigenvalue weighted by Gasteiger charge is 2.37. The molecule has 2 amide bonds. The Labute approximate surface area is 136 Å². The number of carbonyl (C=O) groups is 2. The third kappa shape index (κ3) is 3.66. The molecule has 23 heavy (non-hydrogen) atoms. The van der Waals surface area contributed by atoms with Crippen LogP contribution in [0.5, 0.6) is 0 Å². The van der Waals surface area contributed by atoms with Crippen LogP contribution >= 0.6 is 0 Å². The Kier molecular flexibility index (Phi) is 4.53. The summed E-state index contributed by atoms with van der Waals surface area (Å²) in [6.07, 6.45) is 0.234. The van der Waals surface area contributed by atoms with Gasteiger partial charge in [0.1, 0.15) is 0 Å². The second kappa shape index (κ2) is 6.75. The van der Waals surface area contributed by atoms with E-state index in [4.69, 9.17) is 0 Å². The number of nitrogens with one attached hydrogen (secondary N) is 1. The zero-order valence-electron chi connectivity index (χ0n) is 13.2. The highest BCUT2D eigenvalue weighted by Crippen LogP contribution is 2.17. The second-order valence-electron chi connectivity index (χ2n) is 5.93. The average molecular weight is 308 g/mol. The fourth-order valence-corrected chi connectivity index (χ4v) is 2.72. The average Bonchev–Trinajstić information content (AvgIpc) is 2.83. The molecule has 0 spiro atoms. The number of carbonyl (C=O) groups excluding carboxylic acids is 2. The van der Waals surface area contributed by atoms with Crippen molar-refractivity contribution in [2.24, 2.45) is 0 Å². The maximum atomic E-state index is 12.4. The zero-order chi connectivity index (χ0) is 16.2. The Hall–Kier alpha value is -2.46. The van der Waals surface area contributed by atoms with Crippen LogP contribution < -0.4 is 5.32 Å². The maximum absolute atomic E-state index is 12.4. The molecule has 1 N–H and O–H groups in total. The van der Waals surface area contributed by atoms with E-state index < -0.39 is 6.04 Å². The van der Waals surface area contributed by atoms with Crippen molar-refractivity contribution >= 4 is 11.8 Å². The van der Waals surface area contributed by atoms with Crippen LogP contribution in [-0.4, -0.2) is 22.8 Å². The van der Waals surface area contributed by atoms with E-state index in [-0.39, 0.29) is 18.2 Å². The van der Waals surface area contributed by atoms with Crippen LogP contribution in [0.15, 0.2) is 54.6 Å². The first kappa shape index (κ1) is 15.4. The molecule has 1 atom stereocenters. The van der Waals surface area contributed by atoms with Crippen molar-refractivity contribution in [3.8, 4) is 0 Å². The monoisotopic (exact) mass is 308 g/mol. The van der Waals surface area contributed by atoms with Crippen LogP contribution in [0.3, 0.4) is 0 Å². The summed E-state index contributed by atoms with van der Waals surface area (Å²) in [7, 11) is 0. The van der Waals surface area contributed by atoms with Gasteiger partial charge in [-0.1, -0.05) is 60.2 Å². The lowest BCUT2D eigenvalue weighted by molar-refractivity contribution is -0.139. The molecule has 0 aromatic heterocycles. The molecule has 4 nitrogen and oxygen atoms in total. The highest BCUT2D eigenvalue weighted by atomic mass is 16.2. The molecule has 0 aliphatic carbocycles. The van der Waals surface area contributed by atoms with E-state index in [0.29, 0.717) is 13.1 Å². The van der Waals surface area contributed by atoms with Crippen molar-refractivity contribution in [2.45, 2.75) is 32.5 Å². The molecule has 2 aromatic rings. The molecule has 1 aliphatic heterocycles. The first-order chi connectivity index (χ1) is 11.1. The minimum absolute atomic E-state index is 0.111. The normalized spacial score (nSPS) is 17.8. The summed E-state index contributed by atoms with van der Waals surface area (Å²) in [4.78, 5) is 25.9. The van der Waals surface area contributed by atoms with Crippen LogP contribution in [0.4, 0.5) is 0 Å². The van der Waals surface area contributed by atoms with Crippen molar-refractivity contribution in [3.63, 3.8) is 0 Å². The van der Waals surface area contributed by atoms with Gasteiger partial charge in [0.2, 0.25) is 11.8 Å². The van der Waals surface area contributed by atoms with Crippen molar-refractivity contribution in [2.75, 3.05) is 0 Å². The third-order valence-corrected chi connectivity index (χ3v) is 4.10. The Balaban J connectivity index is 1.60. The first-order valence-corrected chi connectivity index (χ1v) is 7.80. The number of likely N-dealkylation sites (tertiary alicyclic amines) is 1. The maximum Gasteiger partial charge on any atom is 0.247 e.